The van der Waals surface area contributed by atoms with Gasteiger partial charge in [0.15, 0.2) is 0 Å². The SMILES string of the molecule is COCCCCNCC(O)COc1cc(C)cc(C)c1. The third-order valence-corrected chi connectivity index (χ3v) is 2.97. The summed E-state index contributed by atoms with van der Waals surface area (Å²) in [7, 11) is 1.71. The van der Waals surface area contributed by atoms with Crippen molar-refractivity contribution in [3.63, 3.8) is 0 Å². The van der Waals surface area contributed by atoms with Gasteiger partial charge in [0, 0.05) is 20.3 Å². The van der Waals surface area contributed by atoms with Crippen molar-refractivity contribution in [1.29, 1.82) is 0 Å². The number of benzene rings is 1. The van der Waals surface area contributed by atoms with Crippen LogP contribution in [0.3, 0.4) is 0 Å². The zero-order valence-electron chi connectivity index (χ0n) is 12.8. The lowest BCUT2D eigenvalue weighted by atomic mass is 10.1. The summed E-state index contributed by atoms with van der Waals surface area (Å²) in [6.07, 6.45) is 1.61. The fourth-order valence-electron chi connectivity index (χ4n) is 2.03. The van der Waals surface area contributed by atoms with Crippen LogP contribution in [0.1, 0.15) is 24.0 Å². The molecule has 0 spiro atoms. The van der Waals surface area contributed by atoms with Crippen LogP contribution in [-0.2, 0) is 4.74 Å². The smallest absolute Gasteiger partial charge is 0.119 e. The summed E-state index contributed by atoms with van der Waals surface area (Å²) < 4.78 is 10.6. The first-order chi connectivity index (χ1) is 9.61. The van der Waals surface area contributed by atoms with Crippen molar-refractivity contribution in [1.82, 2.24) is 5.32 Å². The van der Waals surface area contributed by atoms with E-state index in [1.165, 1.54) is 11.1 Å². The van der Waals surface area contributed by atoms with Crippen LogP contribution in [0, 0.1) is 13.8 Å². The molecule has 0 bridgehead atoms. The molecule has 0 aliphatic rings. The lowest BCUT2D eigenvalue weighted by Crippen LogP contribution is -2.32. The Kier molecular flexibility index (Phi) is 8.26. The van der Waals surface area contributed by atoms with Crippen molar-refractivity contribution in [3.8, 4) is 5.75 Å². The number of nitrogens with one attached hydrogen (secondary N) is 1. The van der Waals surface area contributed by atoms with E-state index in [1.54, 1.807) is 7.11 Å². The number of rotatable bonds is 10. The van der Waals surface area contributed by atoms with Crippen LogP contribution < -0.4 is 10.1 Å². The first-order valence-electron chi connectivity index (χ1n) is 7.20. The molecule has 0 fully saturated rings. The van der Waals surface area contributed by atoms with Crippen LogP contribution in [-0.4, -0.2) is 44.6 Å². The van der Waals surface area contributed by atoms with E-state index in [0.29, 0.717) is 13.2 Å². The van der Waals surface area contributed by atoms with Crippen molar-refractivity contribution in [2.45, 2.75) is 32.8 Å². The number of aliphatic hydroxyl groups is 1. The molecule has 1 unspecified atom stereocenters. The predicted molar refractivity (Wildman–Crippen MR) is 81.4 cm³/mol. The Morgan fingerprint density at radius 3 is 2.50 bits per heavy atom. The van der Waals surface area contributed by atoms with E-state index in [9.17, 15) is 5.11 Å². The fraction of sp³-hybridized carbons (Fsp3) is 0.625. The monoisotopic (exact) mass is 281 g/mol. The average molecular weight is 281 g/mol. The molecule has 0 heterocycles. The van der Waals surface area contributed by atoms with Gasteiger partial charge in [0.2, 0.25) is 0 Å². The minimum absolute atomic E-state index is 0.313. The van der Waals surface area contributed by atoms with Crippen LogP contribution in [0.25, 0.3) is 0 Å². The topological polar surface area (TPSA) is 50.7 Å². The van der Waals surface area contributed by atoms with Gasteiger partial charge < -0.3 is 19.9 Å². The maximum Gasteiger partial charge on any atom is 0.119 e. The highest BCUT2D eigenvalue weighted by Gasteiger charge is 2.05. The third-order valence-electron chi connectivity index (χ3n) is 2.97. The molecule has 4 heteroatoms. The van der Waals surface area contributed by atoms with E-state index >= 15 is 0 Å². The van der Waals surface area contributed by atoms with Gasteiger partial charge in [-0.2, -0.15) is 0 Å². The molecule has 0 aromatic heterocycles. The number of methoxy groups -OCH3 is 1. The second-order valence-electron chi connectivity index (χ2n) is 5.19. The standard InChI is InChI=1S/C16H27NO3/c1-13-8-14(2)10-16(9-13)20-12-15(18)11-17-6-4-5-7-19-3/h8-10,15,17-18H,4-7,11-12H2,1-3H3. The normalized spacial score (nSPS) is 12.4. The Bertz CT molecular complexity index is 362. The Hall–Kier alpha value is -1.10. The zero-order valence-corrected chi connectivity index (χ0v) is 12.8. The number of aliphatic hydroxyl groups excluding tert-OH is 1. The summed E-state index contributed by atoms with van der Waals surface area (Å²) in [5, 5.41) is 13.1. The van der Waals surface area contributed by atoms with Gasteiger partial charge >= 0.3 is 0 Å². The summed E-state index contributed by atoms with van der Waals surface area (Å²) in [6, 6.07) is 6.07. The lowest BCUT2D eigenvalue weighted by Gasteiger charge is -2.14. The molecule has 1 rings (SSSR count). The highest BCUT2D eigenvalue weighted by Crippen LogP contribution is 2.16. The van der Waals surface area contributed by atoms with E-state index < -0.39 is 6.10 Å². The molecule has 0 amide bonds. The van der Waals surface area contributed by atoms with Gasteiger partial charge in [0.25, 0.3) is 0 Å². The fourth-order valence-corrected chi connectivity index (χ4v) is 2.03. The van der Waals surface area contributed by atoms with Crippen LogP contribution in [0.2, 0.25) is 0 Å². The first-order valence-corrected chi connectivity index (χ1v) is 7.20. The van der Waals surface area contributed by atoms with Crippen molar-refractivity contribution in [2.24, 2.45) is 0 Å². The van der Waals surface area contributed by atoms with Gasteiger partial charge in [-0.3, -0.25) is 0 Å². The van der Waals surface area contributed by atoms with E-state index in [4.69, 9.17) is 9.47 Å². The van der Waals surface area contributed by atoms with E-state index in [2.05, 4.69) is 11.4 Å². The molecule has 114 valence electrons. The summed E-state index contributed by atoms with van der Waals surface area (Å²) in [4.78, 5) is 0. The number of hydrogen-bond acceptors (Lipinski definition) is 4. The Balaban J connectivity index is 2.14. The molecule has 2 N–H and O–H groups in total. The van der Waals surface area contributed by atoms with Gasteiger partial charge in [-0.15, -0.1) is 0 Å². The summed E-state index contributed by atoms with van der Waals surface area (Å²) in [5.41, 5.74) is 2.34. The molecule has 0 saturated carbocycles. The Labute approximate surface area is 122 Å². The van der Waals surface area contributed by atoms with Crippen molar-refractivity contribution in [3.05, 3.63) is 29.3 Å². The third kappa shape index (κ3) is 7.48. The first kappa shape index (κ1) is 17.0. The summed E-state index contributed by atoms with van der Waals surface area (Å²) in [6.45, 7) is 6.63. The van der Waals surface area contributed by atoms with Gasteiger partial charge in [0.05, 0.1) is 0 Å². The molecule has 0 radical (unpaired) electrons. The van der Waals surface area contributed by atoms with Crippen molar-refractivity contribution >= 4 is 0 Å². The minimum Gasteiger partial charge on any atom is -0.491 e. The quantitative estimate of drug-likeness (QED) is 0.645. The van der Waals surface area contributed by atoms with Gasteiger partial charge in [-0.05, 0) is 56.5 Å². The molecule has 0 aliphatic carbocycles. The maximum absolute atomic E-state index is 9.84. The number of aryl methyl sites for hydroxylation is 2. The predicted octanol–water partition coefficient (Wildman–Crippen LogP) is 2.06. The van der Waals surface area contributed by atoms with Gasteiger partial charge in [0.1, 0.15) is 18.5 Å². The minimum atomic E-state index is -0.488. The van der Waals surface area contributed by atoms with Crippen molar-refractivity contribution in [2.75, 3.05) is 33.4 Å². The molecular formula is C16H27NO3. The zero-order chi connectivity index (χ0) is 14.8. The largest absolute Gasteiger partial charge is 0.491 e. The number of unbranched alkanes of at least 4 members (excludes halogenated alkanes) is 1. The summed E-state index contributed by atoms with van der Waals surface area (Å²) in [5.74, 6) is 0.821. The lowest BCUT2D eigenvalue weighted by molar-refractivity contribution is 0.106. The highest BCUT2D eigenvalue weighted by atomic mass is 16.5. The molecular weight excluding hydrogens is 254 g/mol. The van der Waals surface area contributed by atoms with E-state index in [-0.39, 0.29) is 0 Å². The second-order valence-corrected chi connectivity index (χ2v) is 5.19. The average Bonchev–Trinajstić information content (AvgIpc) is 2.39. The van der Waals surface area contributed by atoms with Crippen LogP contribution in [0.15, 0.2) is 18.2 Å². The maximum atomic E-state index is 9.84. The molecule has 1 aromatic rings. The van der Waals surface area contributed by atoms with Gasteiger partial charge in [-0.25, -0.2) is 0 Å². The number of ether oxygens (including phenoxy) is 2. The molecule has 20 heavy (non-hydrogen) atoms. The molecule has 1 aromatic carbocycles. The molecule has 4 nitrogen and oxygen atoms in total. The van der Waals surface area contributed by atoms with Crippen molar-refractivity contribution < 1.29 is 14.6 Å². The van der Waals surface area contributed by atoms with Crippen LogP contribution >= 0.6 is 0 Å². The molecule has 0 saturated heterocycles. The molecule has 0 aliphatic heterocycles. The van der Waals surface area contributed by atoms with Crippen LogP contribution in [0.4, 0.5) is 0 Å². The van der Waals surface area contributed by atoms with E-state index in [0.717, 1.165) is 31.7 Å². The van der Waals surface area contributed by atoms with E-state index in [1.807, 2.05) is 26.0 Å². The Morgan fingerprint density at radius 2 is 1.85 bits per heavy atom. The second kappa shape index (κ2) is 9.75. The Morgan fingerprint density at radius 1 is 1.15 bits per heavy atom. The summed E-state index contributed by atoms with van der Waals surface area (Å²) >= 11 is 0. The van der Waals surface area contributed by atoms with Gasteiger partial charge in [-0.1, -0.05) is 6.07 Å². The highest BCUT2D eigenvalue weighted by molar-refractivity contribution is 5.32. The number of hydrogen-bond donors (Lipinski definition) is 2. The van der Waals surface area contributed by atoms with Crippen LogP contribution in [0.5, 0.6) is 5.75 Å². The molecule has 1 atom stereocenters.